The summed E-state index contributed by atoms with van der Waals surface area (Å²) in [7, 11) is 1.68. The summed E-state index contributed by atoms with van der Waals surface area (Å²) in [5, 5.41) is 4.64. The fourth-order valence-electron chi connectivity index (χ4n) is 3.19. The van der Waals surface area contributed by atoms with Gasteiger partial charge in [-0.3, -0.25) is 19.7 Å². The van der Waals surface area contributed by atoms with E-state index in [2.05, 4.69) is 15.5 Å². The topological polar surface area (TPSA) is 81.8 Å². The summed E-state index contributed by atoms with van der Waals surface area (Å²) in [6, 6.07) is 1.61. The highest BCUT2D eigenvalue weighted by atomic mass is 32.1. The van der Waals surface area contributed by atoms with Crippen molar-refractivity contribution in [2.45, 2.75) is 32.6 Å². The van der Waals surface area contributed by atoms with Crippen LogP contribution in [-0.2, 0) is 19.9 Å². The van der Waals surface area contributed by atoms with E-state index in [9.17, 15) is 9.59 Å². The summed E-state index contributed by atoms with van der Waals surface area (Å²) in [6.45, 7) is 1.73. The number of carbonyl (C=O) groups excluding carboxylic acids is 1. The maximum absolute atomic E-state index is 13.0. The summed E-state index contributed by atoms with van der Waals surface area (Å²) >= 11 is 1.60. The van der Waals surface area contributed by atoms with Crippen LogP contribution in [0.1, 0.15) is 39.6 Å². The minimum atomic E-state index is -0.384. The van der Waals surface area contributed by atoms with Crippen LogP contribution in [0.3, 0.4) is 0 Å². The maximum atomic E-state index is 13.0. The molecule has 1 amide bonds. The number of nitrogens with zero attached hydrogens (tertiary/aromatic N) is 4. The van der Waals surface area contributed by atoms with Gasteiger partial charge in [0, 0.05) is 18.1 Å². The van der Waals surface area contributed by atoms with Gasteiger partial charge in [0.05, 0.1) is 5.39 Å². The minimum Gasteiger partial charge on any atom is -0.267 e. The predicted molar refractivity (Wildman–Crippen MR) is 92.2 cm³/mol. The van der Waals surface area contributed by atoms with Crippen LogP contribution in [0.25, 0.3) is 10.2 Å². The zero-order chi connectivity index (χ0) is 16.8. The average molecular weight is 343 g/mol. The first-order valence-electron chi connectivity index (χ1n) is 7.89. The molecule has 3 aromatic heterocycles. The molecule has 0 saturated carbocycles. The summed E-state index contributed by atoms with van der Waals surface area (Å²) in [5.41, 5.74) is 3.95. The number of nitrogens with one attached hydrogen (secondary N) is 1. The molecular weight excluding hydrogens is 326 g/mol. The smallest absolute Gasteiger partial charge is 0.267 e. The number of aromatic nitrogens is 4. The molecule has 0 spiro atoms. The van der Waals surface area contributed by atoms with Crippen molar-refractivity contribution in [3.8, 4) is 0 Å². The Hall–Kier alpha value is -2.48. The van der Waals surface area contributed by atoms with Gasteiger partial charge >= 0.3 is 0 Å². The Bertz CT molecular complexity index is 1010. The normalized spacial score (nSPS) is 13.9. The van der Waals surface area contributed by atoms with E-state index in [1.165, 1.54) is 14.2 Å². The van der Waals surface area contributed by atoms with Crippen LogP contribution in [0, 0.1) is 6.92 Å². The molecule has 0 radical (unpaired) electrons. The van der Waals surface area contributed by atoms with Crippen molar-refractivity contribution in [2.75, 3.05) is 5.43 Å². The Morgan fingerprint density at radius 3 is 2.88 bits per heavy atom. The van der Waals surface area contributed by atoms with Crippen molar-refractivity contribution < 1.29 is 4.79 Å². The number of amides is 1. The second-order valence-corrected chi connectivity index (χ2v) is 7.06. The van der Waals surface area contributed by atoms with Crippen LogP contribution in [-0.4, -0.2) is 25.3 Å². The zero-order valence-corrected chi connectivity index (χ0v) is 14.3. The summed E-state index contributed by atoms with van der Waals surface area (Å²) in [6.07, 6.45) is 5.71. The summed E-state index contributed by atoms with van der Waals surface area (Å²) in [4.78, 5) is 31.9. The molecule has 24 heavy (non-hydrogen) atoms. The van der Waals surface area contributed by atoms with E-state index in [-0.39, 0.29) is 11.5 Å². The Balaban J connectivity index is 1.82. The molecule has 3 heterocycles. The quantitative estimate of drug-likeness (QED) is 0.769. The largest absolute Gasteiger partial charge is 0.288 e. The summed E-state index contributed by atoms with van der Waals surface area (Å²) < 4.78 is 2.72. The van der Waals surface area contributed by atoms with Gasteiger partial charge in [0.25, 0.3) is 11.5 Å². The molecule has 1 N–H and O–H groups in total. The molecule has 4 rings (SSSR count). The average Bonchev–Trinajstić information content (AvgIpc) is 3.14. The Morgan fingerprint density at radius 1 is 1.33 bits per heavy atom. The molecule has 0 atom stereocenters. The molecule has 3 aromatic rings. The Morgan fingerprint density at radius 2 is 2.12 bits per heavy atom. The first-order chi connectivity index (χ1) is 11.6. The van der Waals surface area contributed by atoms with Gasteiger partial charge in [-0.2, -0.15) is 5.10 Å². The van der Waals surface area contributed by atoms with Gasteiger partial charge in [0.2, 0.25) is 0 Å². The van der Waals surface area contributed by atoms with Crippen molar-refractivity contribution in [1.82, 2.24) is 19.4 Å². The Kier molecular flexibility index (Phi) is 3.49. The van der Waals surface area contributed by atoms with Crippen molar-refractivity contribution in [2.24, 2.45) is 7.05 Å². The van der Waals surface area contributed by atoms with Crippen LogP contribution >= 0.6 is 11.3 Å². The van der Waals surface area contributed by atoms with Gasteiger partial charge in [-0.25, -0.2) is 9.66 Å². The number of rotatable bonds is 2. The van der Waals surface area contributed by atoms with E-state index in [4.69, 9.17) is 0 Å². The molecule has 0 bridgehead atoms. The molecule has 1 aliphatic rings. The lowest BCUT2D eigenvalue weighted by Gasteiger charge is -2.12. The second kappa shape index (κ2) is 5.55. The molecule has 0 aliphatic heterocycles. The number of hydrogen-bond donors (Lipinski definition) is 1. The van der Waals surface area contributed by atoms with Crippen LogP contribution < -0.4 is 11.0 Å². The number of carbonyl (C=O) groups is 1. The number of fused-ring (bicyclic) bond motifs is 3. The first kappa shape index (κ1) is 15.1. The van der Waals surface area contributed by atoms with E-state index in [0.29, 0.717) is 16.9 Å². The lowest BCUT2D eigenvalue weighted by Crippen LogP contribution is -2.36. The van der Waals surface area contributed by atoms with Gasteiger partial charge in [0.1, 0.15) is 16.3 Å². The molecule has 7 nitrogen and oxygen atoms in total. The molecular formula is C16H17N5O2S. The van der Waals surface area contributed by atoms with Crippen molar-refractivity contribution in [3.05, 3.63) is 44.6 Å². The van der Waals surface area contributed by atoms with E-state index < -0.39 is 0 Å². The molecule has 124 valence electrons. The predicted octanol–water partition coefficient (Wildman–Crippen LogP) is 1.76. The zero-order valence-electron chi connectivity index (χ0n) is 13.5. The van der Waals surface area contributed by atoms with Gasteiger partial charge < -0.3 is 0 Å². The van der Waals surface area contributed by atoms with E-state index in [1.54, 1.807) is 37.6 Å². The van der Waals surface area contributed by atoms with Crippen molar-refractivity contribution in [3.63, 3.8) is 0 Å². The third kappa shape index (κ3) is 2.25. The minimum absolute atomic E-state index is 0.201. The maximum Gasteiger partial charge on any atom is 0.288 e. The Labute approximate surface area is 141 Å². The van der Waals surface area contributed by atoms with Gasteiger partial charge in [-0.1, -0.05) is 0 Å². The lowest BCUT2D eigenvalue weighted by molar-refractivity contribution is 0.0997. The van der Waals surface area contributed by atoms with Crippen molar-refractivity contribution in [1.29, 1.82) is 0 Å². The third-order valence-corrected chi connectivity index (χ3v) is 5.61. The number of thiophene rings is 1. The first-order valence-corrected chi connectivity index (χ1v) is 8.71. The van der Waals surface area contributed by atoms with Crippen LogP contribution in [0.5, 0.6) is 0 Å². The van der Waals surface area contributed by atoms with E-state index >= 15 is 0 Å². The van der Waals surface area contributed by atoms with Gasteiger partial charge in [0.15, 0.2) is 0 Å². The van der Waals surface area contributed by atoms with E-state index in [1.807, 2.05) is 0 Å². The highest BCUT2D eigenvalue weighted by molar-refractivity contribution is 7.18. The standard InChI is InChI=1S/C16H17N5O2S/c1-9-18-15-13(10-5-3-4-6-12(10)24-15)16(23)21(9)19-14(22)11-7-8-17-20(11)2/h7-8H,3-6H2,1-2H3,(H,19,22). The second-order valence-electron chi connectivity index (χ2n) is 5.97. The SMILES string of the molecule is Cc1nc2sc3c(c2c(=O)n1NC(=O)c1ccnn1C)CCCC3. The molecule has 1 aliphatic carbocycles. The molecule has 0 fully saturated rings. The highest BCUT2D eigenvalue weighted by Crippen LogP contribution is 2.33. The van der Waals surface area contributed by atoms with Crippen LogP contribution in [0.15, 0.2) is 17.1 Å². The highest BCUT2D eigenvalue weighted by Gasteiger charge is 2.22. The van der Waals surface area contributed by atoms with Gasteiger partial charge in [-0.05, 0) is 44.2 Å². The molecule has 0 unspecified atom stereocenters. The summed E-state index contributed by atoms with van der Waals surface area (Å²) in [5.74, 6) is 0.0899. The van der Waals surface area contributed by atoms with Crippen LogP contribution in [0.2, 0.25) is 0 Å². The van der Waals surface area contributed by atoms with Crippen LogP contribution in [0.4, 0.5) is 0 Å². The number of hydrogen-bond acceptors (Lipinski definition) is 5. The van der Waals surface area contributed by atoms with Gasteiger partial charge in [-0.15, -0.1) is 11.3 Å². The lowest BCUT2D eigenvalue weighted by atomic mass is 9.97. The number of aryl methyl sites for hydroxylation is 4. The third-order valence-electron chi connectivity index (χ3n) is 4.42. The fraction of sp³-hybridized carbons (Fsp3) is 0.375. The molecule has 8 heteroatoms. The molecule has 0 aromatic carbocycles. The fourth-order valence-corrected chi connectivity index (χ4v) is 4.49. The van der Waals surface area contributed by atoms with Crippen molar-refractivity contribution >= 4 is 27.5 Å². The van der Waals surface area contributed by atoms with E-state index in [0.717, 1.165) is 36.1 Å². The molecule has 0 saturated heterocycles. The monoisotopic (exact) mass is 343 g/mol.